The van der Waals surface area contributed by atoms with Crippen LogP contribution in [-0.2, 0) is 6.61 Å². The van der Waals surface area contributed by atoms with E-state index in [0.717, 1.165) is 11.3 Å². The lowest BCUT2D eigenvalue weighted by Gasteiger charge is -2.14. The summed E-state index contributed by atoms with van der Waals surface area (Å²) in [6.45, 7) is 4.23. The highest BCUT2D eigenvalue weighted by Gasteiger charge is 2.12. The maximum absolute atomic E-state index is 11.4. The van der Waals surface area contributed by atoms with E-state index < -0.39 is 6.09 Å². The lowest BCUT2D eigenvalue weighted by molar-refractivity contribution is 0.201. The number of nitrogens with one attached hydrogen (secondary N) is 1. The van der Waals surface area contributed by atoms with Crippen LogP contribution in [0.1, 0.15) is 16.7 Å². The number of carbonyl (C=O) groups excluding carboxylic acids is 1. The molecule has 22 heavy (non-hydrogen) atoms. The van der Waals surface area contributed by atoms with E-state index >= 15 is 0 Å². The first-order chi connectivity index (χ1) is 10.5. The number of rotatable bonds is 4. The standard InChI is InChI=1S/C17H18ClNO3/c1-11-7-8-15(12(2)9-11)21-10-13-14(18)5-4-6-16(13)22-17(20)19-3/h4-9H,10H2,1-3H3,(H,19,20). The van der Waals surface area contributed by atoms with E-state index in [1.165, 1.54) is 12.6 Å². The van der Waals surface area contributed by atoms with Gasteiger partial charge in [0.15, 0.2) is 0 Å². The zero-order valence-corrected chi connectivity index (χ0v) is 13.5. The molecule has 0 aromatic heterocycles. The second-order valence-corrected chi connectivity index (χ2v) is 5.32. The molecule has 4 nitrogen and oxygen atoms in total. The van der Waals surface area contributed by atoms with Crippen LogP contribution in [0.4, 0.5) is 4.79 Å². The van der Waals surface area contributed by atoms with Crippen molar-refractivity contribution < 1.29 is 14.3 Å². The molecule has 0 aliphatic carbocycles. The van der Waals surface area contributed by atoms with Crippen molar-refractivity contribution in [2.24, 2.45) is 0 Å². The molecule has 5 heteroatoms. The molecule has 0 saturated carbocycles. The minimum atomic E-state index is -0.546. The maximum Gasteiger partial charge on any atom is 0.412 e. The normalized spacial score (nSPS) is 10.2. The number of benzene rings is 2. The largest absolute Gasteiger partial charge is 0.488 e. The van der Waals surface area contributed by atoms with Gasteiger partial charge in [-0.05, 0) is 37.6 Å². The summed E-state index contributed by atoms with van der Waals surface area (Å²) in [4.78, 5) is 11.4. The maximum atomic E-state index is 11.4. The van der Waals surface area contributed by atoms with Gasteiger partial charge < -0.3 is 14.8 Å². The summed E-state index contributed by atoms with van der Waals surface area (Å²) < 4.78 is 11.0. The Morgan fingerprint density at radius 3 is 2.64 bits per heavy atom. The summed E-state index contributed by atoms with van der Waals surface area (Å²) in [5, 5.41) is 2.90. The molecule has 0 spiro atoms. The number of amides is 1. The highest BCUT2D eigenvalue weighted by Crippen LogP contribution is 2.29. The second kappa shape index (κ2) is 7.18. The first-order valence-corrected chi connectivity index (χ1v) is 7.26. The van der Waals surface area contributed by atoms with E-state index in [0.29, 0.717) is 16.3 Å². The summed E-state index contributed by atoms with van der Waals surface area (Å²) >= 11 is 6.20. The van der Waals surface area contributed by atoms with Crippen LogP contribution >= 0.6 is 11.6 Å². The van der Waals surface area contributed by atoms with Crippen molar-refractivity contribution >= 4 is 17.7 Å². The summed E-state index contributed by atoms with van der Waals surface area (Å²) in [6, 6.07) is 11.1. The molecule has 2 aromatic rings. The van der Waals surface area contributed by atoms with Crippen LogP contribution in [0, 0.1) is 13.8 Å². The van der Waals surface area contributed by atoms with Crippen LogP contribution < -0.4 is 14.8 Å². The number of ether oxygens (including phenoxy) is 2. The first kappa shape index (κ1) is 16.2. The number of carbonyl (C=O) groups is 1. The minimum Gasteiger partial charge on any atom is -0.488 e. The van der Waals surface area contributed by atoms with Gasteiger partial charge in [0, 0.05) is 7.05 Å². The lowest BCUT2D eigenvalue weighted by Crippen LogP contribution is -2.22. The molecule has 1 N–H and O–H groups in total. The van der Waals surface area contributed by atoms with Gasteiger partial charge in [-0.3, -0.25) is 0 Å². The van der Waals surface area contributed by atoms with Gasteiger partial charge in [-0.2, -0.15) is 0 Å². The molecule has 116 valence electrons. The van der Waals surface area contributed by atoms with Crippen molar-refractivity contribution in [2.45, 2.75) is 20.5 Å². The van der Waals surface area contributed by atoms with Gasteiger partial charge in [-0.25, -0.2) is 4.79 Å². The fraction of sp³-hybridized carbons (Fsp3) is 0.235. The average Bonchev–Trinajstić information content (AvgIpc) is 2.48. The van der Waals surface area contributed by atoms with Gasteiger partial charge >= 0.3 is 6.09 Å². The van der Waals surface area contributed by atoms with E-state index in [1.54, 1.807) is 18.2 Å². The van der Waals surface area contributed by atoms with Gasteiger partial charge in [0.05, 0.1) is 10.6 Å². The first-order valence-electron chi connectivity index (χ1n) is 6.88. The fourth-order valence-electron chi connectivity index (χ4n) is 2.04. The Labute approximate surface area is 135 Å². The van der Waals surface area contributed by atoms with Crippen LogP contribution in [0.2, 0.25) is 5.02 Å². The molecule has 0 fully saturated rings. The SMILES string of the molecule is CNC(=O)Oc1cccc(Cl)c1COc1ccc(C)cc1C. The van der Waals surface area contributed by atoms with Gasteiger partial charge in [-0.15, -0.1) is 0 Å². The smallest absolute Gasteiger partial charge is 0.412 e. The van der Waals surface area contributed by atoms with E-state index in [-0.39, 0.29) is 6.61 Å². The summed E-state index contributed by atoms with van der Waals surface area (Å²) in [5.74, 6) is 1.16. The predicted octanol–water partition coefficient (Wildman–Crippen LogP) is 4.25. The van der Waals surface area contributed by atoms with Crippen molar-refractivity contribution in [3.8, 4) is 11.5 Å². The highest BCUT2D eigenvalue weighted by molar-refractivity contribution is 6.31. The van der Waals surface area contributed by atoms with Crippen LogP contribution in [0.3, 0.4) is 0 Å². The van der Waals surface area contributed by atoms with Crippen molar-refractivity contribution in [3.63, 3.8) is 0 Å². The van der Waals surface area contributed by atoms with E-state index in [1.807, 2.05) is 32.0 Å². The second-order valence-electron chi connectivity index (χ2n) is 4.91. The third-order valence-electron chi connectivity index (χ3n) is 3.19. The molecule has 2 aromatic carbocycles. The molecule has 2 rings (SSSR count). The molecule has 1 amide bonds. The summed E-state index contributed by atoms with van der Waals surface area (Å²) in [7, 11) is 1.50. The summed E-state index contributed by atoms with van der Waals surface area (Å²) in [6.07, 6.45) is -0.546. The molecular weight excluding hydrogens is 302 g/mol. The van der Waals surface area contributed by atoms with Gasteiger partial charge in [0.25, 0.3) is 0 Å². The Morgan fingerprint density at radius 1 is 1.18 bits per heavy atom. The molecule has 0 aliphatic rings. The third-order valence-corrected chi connectivity index (χ3v) is 3.54. The summed E-state index contributed by atoms with van der Waals surface area (Å²) in [5.41, 5.74) is 2.85. The molecule has 0 atom stereocenters. The van der Waals surface area contributed by atoms with E-state index in [4.69, 9.17) is 21.1 Å². The Morgan fingerprint density at radius 2 is 1.95 bits per heavy atom. The van der Waals surface area contributed by atoms with Crippen molar-refractivity contribution in [3.05, 3.63) is 58.1 Å². The highest BCUT2D eigenvalue weighted by atomic mass is 35.5. The predicted molar refractivity (Wildman–Crippen MR) is 86.8 cm³/mol. The third kappa shape index (κ3) is 3.92. The molecule has 0 aliphatic heterocycles. The molecule has 0 radical (unpaired) electrons. The van der Waals surface area contributed by atoms with E-state index in [2.05, 4.69) is 5.32 Å². The van der Waals surface area contributed by atoms with Crippen molar-refractivity contribution in [1.29, 1.82) is 0 Å². The quantitative estimate of drug-likeness (QED) is 0.916. The number of aryl methyl sites for hydroxylation is 2. The monoisotopic (exact) mass is 319 g/mol. The minimum absolute atomic E-state index is 0.218. The Balaban J connectivity index is 2.19. The topological polar surface area (TPSA) is 47.6 Å². The van der Waals surface area contributed by atoms with Crippen LogP contribution in [0.25, 0.3) is 0 Å². The number of halogens is 1. The van der Waals surface area contributed by atoms with Gasteiger partial charge in [0.2, 0.25) is 0 Å². The van der Waals surface area contributed by atoms with Crippen LogP contribution in [-0.4, -0.2) is 13.1 Å². The van der Waals surface area contributed by atoms with Crippen LogP contribution in [0.5, 0.6) is 11.5 Å². The fourth-order valence-corrected chi connectivity index (χ4v) is 2.26. The zero-order chi connectivity index (χ0) is 16.1. The molecule has 0 heterocycles. The molecule has 0 saturated heterocycles. The molecule has 0 unspecified atom stereocenters. The Hall–Kier alpha value is -2.20. The average molecular weight is 320 g/mol. The molecule has 0 bridgehead atoms. The number of hydrogen-bond donors (Lipinski definition) is 1. The van der Waals surface area contributed by atoms with Gasteiger partial charge in [0.1, 0.15) is 18.1 Å². The van der Waals surface area contributed by atoms with E-state index in [9.17, 15) is 4.79 Å². The zero-order valence-electron chi connectivity index (χ0n) is 12.8. The number of hydrogen-bond acceptors (Lipinski definition) is 3. The Bertz CT molecular complexity index is 686. The van der Waals surface area contributed by atoms with Crippen LogP contribution in [0.15, 0.2) is 36.4 Å². The van der Waals surface area contributed by atoms with Crippen molar-refractivity contribution in [1.82, 2.24) is 5.32 Å². The van der Waals surface area contributed by atoms with Crippen molar-refractivity contribution in [2.75, 3.05) is 7.05 Å². The lowest BCUT2D eigenvalue weighted by atomic mass is 10.1. The molecular formula is C17H18ClNO3. The Kier molecular flexibility index (Phi) is 5.28. The van der Waals surface area contributed by atoms with Gasteiger partial charge in [-0.1, -0.05) is 35.4 Å².